The van der Waals surface area contributed by atoms with Gasteiger partial charge in [-0.15, -0.1) is 0 Å². The highest BCUT2D eigenvalue weighted by molar-refractivity contribution is 9.10. The van der Waals surface area contributed by atoms with E-state index in [4.69, 9.17) is 5.11 Å². The fourth-order valence-corrected chi connectivity index (χ4v) is 4.53. The summed E-state index contributed by atoms with van der Waals surface area (Å²) in [7, 11) is -3.83. The molecule has 0 saturated heterocycles. The minimum absolute atomic E-state index is 0.216. The summed E-state index contributed by atoms with van der Waals surface area (Å²) in [6.07, 6.45) is 0. The van der Waals surface area contributed by atoms with Gasteiger partial charge < -0.3 is 5.11 Å². The predicted molar refractivity (Wildman–Crippen MR) is 76.1 cm³/mol. The Morgan fingerprint density at radius 3 is 2.63 bits per heavy atom. The van der Waals surface area contributed by atoms with E-state index in [1.54, 1.807) is 0 Å². The van der Waals surface area contributed by atoms with Crippen molar-refractivity contribution in [3.8, 4) is 0 Å². The number of hydrogen-bond donors (Lipinski definition) is 1. The van der Waals surface area contributed by atoms with Crippen molar-refractivity contribution in [2.75, 3.05) is 17.3 Å². The van der Waals surface area contributed by atoms with E-state index in [0.29, 0.717) is 5.75 Å². The number of carbonyl (C=O) groups is 1. The van der Waals surface area contributed by atoms with Crippen LogP contribution in [0.3, 0.4) is 0 Å². The van der Waals surface area contributed by atoms with Gasteiger partial charge in [-0.25, -0.2) is 17.6 Å². The molecule has 0 unspecified atom stereocenters. The summed E-state index contributed by atoms with van der Waals surface area (Å²) < 4.78 is 38.1. The van der Waals surface area contributed by atoms with Crippen molar-refractivity contribution in [2.45, 2.75) is 11.8 Å². The van der Waals surface area contributed by atoms with Crippen LogP contribution in [0.1, 0.15) is 17.3 Å². The summed E-state index contributed by atoms with van der Waals surface area (Å²) in [5, 5.41) is 8.83. The van der Waals surface area contributed by atoms with Crippen molar-refractivity contribution in [2.24, 2.45) is 0 Å². The average molecular weight is 371 g/mol. The largest absolute Gasteiger partial charge is 0.478 e. The molecule has 0 fully saturated rings. The maximum atomic E-state index is 13.9. The van der Waals surface area contributed by atoms with Crippen LogP contribution in [0, 0.1) is 5.82 Å². The van der Waals surface area contributed by atoms with E-state index in [9.17, 15) is 17.6 Å². The second-order valence-corrected chi connectivity index (χ2v) is 7.97. The molecule has 0 aliphatic rings. The van der Waals surface area contributed by atoms with Crippen molar-refractivity contribution in [1.29, 1.82) is 0 Å². The normalized spacial score (nSPS) is 11.5. The summed E-state index contributed by atoms with van der Waals surface area (Å²) in [6, 6.07) is 2.13. The Bertz CT molecular complexity index is 587. The van der Waals surface area contributed by atoms with Crippen LogP contribution in [0.4, 0.5) is 4.39 Å². The molecule has 0 aliphatic carbocycles. The average Bonchev–Trinajstić information content (AvgIpc) is 2.31. The molecule has 0 aromatic heterocycles. The SMILES string of the molecule is CCSCCS(=O)(=O)c1cc(Br)cc(C(=O)O)c1F. The first-order valence-electron chi connectivity index (χ1n) is 5.32. The van der Waals surface area contributed by atoms with E-state index < -0.39 is 32.1 Å². The maximum absolute atomic E-state index is 13.9. The van der Waals surface area contributed by atoms with Gasteiger partial charge in [0.2, 0.25) is 0 Å². The van der Waals surface area contributed by atoms with Gasteiger partial charge in [0.25, 0.3) is 0 Å². The van der Waals surface area contributed by atoms with Crippen LogP contribution < -0.4 is 0 Å². The third-order valence-electron chi connectivity index (χ3n) is 2.27. The molecule has 0 radical (unpaired) electrons. The Balaban J connectivity index is 3.23. The maximum Gasteiger partial charge on any atom is 0.338 e. The van der Waals surface area contributed by atoms with Gasteiger partial charge >= 0.3 is 5.97 Å². The minimum Gasteiger partial charge on any atom is -0.478 e. The molecular weight excluding hydrogens is 359 g/mol. The number of hydrogen-bond acceptors (Lipinski definition) is 4. The molecule has 19 heavy (non-hydrogen) atoms. The molecule has 1 rings (SSSR count). The predicted octanol–water partition coefficient (Wildman–Crippen LogP) is 2.81. The van der Waals surface area contributed by atoms with Crippen LogP contribution >= 0.6 is 27.7 Å². The molecule has 1 aromatic carbocycles. The van der Waals surface area contributed by atoms with E-state index in [-0.39, 0.29) is 10.2 Å². The highest BCUT2D eigenvalue weighted by atomic mass is 79.9. The van der Waals surface area contributed by atoms with E-state index in [0.717, 1.165) is 17.9 Å². The van der Waals surface area contributed by atoms with E-state index >= 15 is 0 Å². The zero-order chi connectivity index (χ0) is 14.6. The first-order valence-corrected chi connectivity index (χ1v) is 8.92. The number of halogens is 2. The van der Waals surface area contributed by atoms with Gasteiger partial charge in [0.15, 0.2) is 15.7 Å². The molecule has 0 heterocycles. The van der Waals surface area contributed by atoms with Gasteiger partial charge in [-0.3, -0.25) is 0 Å². The standard InChI is InChI=1S/C11H12BrFO4S2/c1-2-18-3-4-19(16,17)9-6-7(12)5-8(10(9)13)11(14)15/h5-6H,2-4H2,1H3,(H,14,15). The minimum atomic E-state index is -3.83. The van der Waals surface area contributed by atoms with Crippen LogP contribution in [-0.4, -0.2) is 36.8 Å². The quantitative estimate of drug-likeness (QED) is 0.779. The lowest BCUT2D eigenvalue weighted by molar-refractivity contribution is 0.0691. The van der Waals surface area contributed by atoms with Crippen molar-refractivity contribution < 1.29 is 22.7 Å². The molecular formula is C11H12BrFO4S2. The van der Waals surface area contributed by atoms with Gasteiger partial charge in [-0.05, 0) is 17.9 Å². The highest BCUT2D eigenvalue weighted by Gasteiger charge is 2.24. The van der Waals surface area contributed by atoms with Gasteiger partial charge in [0, 0.05) is 10.2 Å². The number of benzene rings is 1. The molecule has 1 N–H and O–H groups in total. The van der Waals surface area contributed by atoms with E-state index in [1.165, 1.54) is 11.8 Å². The smallest absolute Gasteiger partial charge is 0.338 e. The number of sulfone groups is 1. The Morgan fingerprint density at radius 1 is 1.47 bits per heavy atom. The number of carboxylic acids is 1. The Kier molecular flexibility index (Phi) is 5.82. The van der Waals surface area contributed by atoms with Crippen LogP contribution in [0.5, 0.6) is 0 Å². The lowest BCUT2D eigenvalue weighted by Crippen LogP contribution is -2.14. The van der Waals surface area contributed by atoms with E-state index in [1.807, 2.05) is 6.92 Å². The topological polar surface area (TPSA) is 71.4 Å². The zero-order valence-electron chi connectivity index (χ0n) is 10.0. The Labute approximate surface area is 123 Å². The molecule has 0 atom stereocenters. The fourth-order valence-electron chi connectivity index (χ4n) is 1.37. The summed E-state index contributed by atoms with van der Waals surface area (Å²) in [6.45, 7) is 1.89. The molecule has 0 saturated carbocycles. The number of carboxylic acid groups (broad SMARTS) is 1. The lowest BCUT2D eigenvalue weighted by Gasteiger charge is -2.08. The summed E-state index contributed by atoms with van der Waals surface area (Å²) in [5.74, 6) is -1.84. The molecule has 1 aromatic rings. The molecule has 106 valence electrons. The third kappa shape index (κ3) is 4.19. The van der Waals surface area contributed by atoms with Gasteiger partial charge in [-0.1, -0.05) is 22.9 Å². The number of thioether (sulfide) groups is 1. The van der Waals surface area contributed by atoms with Crippen molar-refractivity contribution in [3.05, 3.63) is 28.0 Å². The first-order chi connectivity index (χ1) is 8.79. The third-order valence-corrected chi connectivity index (χ3v) is 5.60. The molecule has 0 amide bonds. The van der Waals surface area contributed by atoms with Gasteiger partial charge in [0.05, 0.1) is 11.3 Å². The second-order valence-electron chi connectivity index (χ2n) is 3.59. The molecule has 0 bridgehead atoms. The van der Waals surface area contributed by atoms with Crippen molar-refractivity contribution in [3.63, 3.8) is 0 Å². The summed E-state index contributed by atoms with van der Waals surface area (Å²) in [4.78, 5) is 10.3. The van der Waals surface area contributed by atoms with Crippen LogP contribution in [0.25, 0.3) is 0 Å². The Hall–Kier alpha value is -0.600. The van der Waals surface area contributed by atoms with Crippen LogP contribution in [0.2, 0.25) is 0 Å². The summed E-state index contributed by atoms with van der Waals surface area (Å²) >= 11 is 4.41. The highest BCUT2D eigenvalue weighted by Crippen LogP contribution is 2.25. The molecule has 0 aliphatic heterocycles. The Morgan fingerprint density at radius 2 is 2.11 bits per heavy atom. The molecule has 8 heteroatoms. The second kappa shape index (κ2) is 6.71. The zero-order valence-corrected chi connectivity index (χ0v) is 13.2. The number of rotatable bonds is 6. The summed E-state index contributed by atoms with van der Waals surface area (Å²) in [5.41, 5.74) is -0.656. The van der Waals surface area contributed by atoms with E-state index in [2.05, 4.69) is 15.9 Å². The number of aromatic carboxylic acids is 1. The fraction of sp³-hybridized carbons (Fsp3) is 0.364. The molecule has 4 nitrogen and oxygen atoms in total. The van der Waals surface area contributed by atoms with Gasteiger partial charge in [0.1, 0.15) is 4.90 Å². The van der Waals surface area contributed by atoms with Crippen molar-refractivity contribution in [1.82, 2.24) is 0 Å². The van der Waals surface area contributed by atoms with Crippen LogP contribution in [0.15, 0.2) is 21.5 Å². The molecule has 0 spiro atoms. The van der Waals surface area contributed by atoms with Crippen molar-refractivity contribution >= 4 is 43.5 Å². The first kappa shape index (κ1) is 16.5. The monoisotopic (exact) mass is 370 g/mol. The lowest BCUT2D eigenvalue weighted by atomic mass is 10.2. The van der Waals surface area contributed by atoms with Crippen LogP contribution in [-0.2, 0) is 9.84 Å². The van der Waals surface area contributed by atoms with Gasteiger partial charge in [-0.2, -0.15) is 11.8 Å².